The summed E-state index contributed by atoms with van der Waals surface area (Å²) in [7, 11) is 8.46. The van der Waals surface area contributed by atoms with E-state index in [1.807, 2.05) is 152 Å². The third kappa shape index (κ3) is 17.0. The molecule has 22 nitrogen and oxygen atoms in total. The summed E-state index contributed by atoms with van der Waals surface area (Å²) in [5.41, 5.74) is 7.84. The number of carbonyl (C=O) groups excluding carboxylic acids is 10. The summed E-state index contributed by atoms with van der Waals surface area (Å²) in [5, 5.41) is 10.9. The van der Waals surface area contributed by atoms with Crippen LogP contribution in [0.4, 0.5) is 9.59 Å². The Hall–Kier alpha value is -8.82. The van der Waals surface area contributed by atoms with Crippen LogP contribution in [0.2, 0.25) is 0 Å². The van der Waals surface area contributed by atoms with Gasteiger partial charge in [-0.25, -0.2) is 9.59 Å². The molecule has 0 radical (unpaired) electrons. The molecule has 0 aromatic heterocycles. The Bertz CT molecular complexity index is 3040. The third-order valence-electron chi connectivity index (χ3n) is 17.6. The molecule has 1 saturated heterocycles. The van der Waals surface area contributed by atoms with Crippen molar-refractivity contribution in [2.24, 2.45) is 23.7 Å². The Kier molecular flexibility index (Phi) is 24.2. The van der Waals surface area contributed by atoms with Crippen molar-refractivity contribution in [1.82, 2.24) is 50.7 Å². The minimum absolute atomic E-state index is 0.100. The summed E-state index contributed by atoms with van der Waals surface area (Å²) in [6.45, 7) is 12.6. The Balaban J connectivity index is 1.20. The first kappa shape index (κ1) is 70.6. The number of rotatable bonds is 14. The minimum Gasteiger partial charge on any atom is -0.449 e. The van der Waals surface area contributed by atoms with Gasteiger partial charge in [-0.2, -0.15) is 0 Å². The van der Waals surface area contributed by atoms with Crippen molar-refractivity contribution >= 4 is 59.4 Å². The molecule has 4 N–H and O–H groups in total. The molecule has 6 atom stereocenters. The number of hydrogen-bond donors (Lipinski definition) is 4. The van der Waals surface area contributed by atoms with E-state index in [4.69, 9.17) is 9.47 Å². The first-order valence-electron chi connectivity index (χ1n) is 31.9. The highest BCUT2D eigenvalue weighted by atomic mass is 16.6. The van der Waals surface area contributed by atoms with Crippen molar-refractivity contribution < 1.29 is 57.4 Å². The highest BCUT2D eigenvalue weighted by Crippen LogP contribution is 2.46. The van der Waals surface area contributed by atoms with E-state index in [0.717, 1.165) is 54.3 Å². The van der Waals surface area contributed by atoms with Gasteiger partial charge in [0.2, 0.25) is 47.3 Å². The lowest BCUT2D eigenvalue weighted by atomic mass is 9.98. The summed E-state index contributed by atoms with van der Waals surface area (Å²) in [6, 6.07) is 23.4. The molecule has 10 amide bonds. The number of hydrogen-bond acceptors (Lipinski definition) is 12. The molecular weight excluding hydrogens is 1170 g/mol. The fourth-order valence-corrected chi connectivity index (χ4v) is 12.6. The zero-order valence-electron chi connectivity index (χ0n) is 55.8. The second-order valence-electron chi connectivity index (χ2n) is 26.4. The van der Waals surface area contributed by atoms with Gasteiger partial charge < -0.3 is 60.1 Å². The minimum atomic E-state index is -1.54. The summed E-state index contributed by atoms with van der Waals surface area (Å²) in [4.78, 5) is 153. The topological polar surface area (TPSA) is 257 Å². The molecule has 0 spiro atoms. The first-order chi connectivity index (χ1) is 43.6. The van der Waals surface area contributed by atoms with Crippen molar-refractivity contribution in [3.8, 4) is 22.3 Å². The normalized spacial score (nSPS) is 21.4. The lowest BCUT2D eigenvalue weighted by molar-refractivity contribution is -0.149. The van der Waals surface area contributed by atoms with E-state index in [9.17, 15) is 38.4 Å². The Morgan fingerprint density at radius 3 is 0.967 bits per heavy atom. The predicted octanol–water partition coefficient (Wildman–Crippen LogP) is 6.46. The van der Waals surface area contributed by atoms with Gasteiger partial charge in [-0.15, -0.1) is 0 Å². The molecule has 3 aliphatic rings. The molecule has 4 aromatic carbocycles. The quantitative estimate of drug-likeness (QED) is 0.106. The zero-order valence-corrected chi connectivity index (χ0v) is 55.8. The molecule has 7 rings (SSSR count). The molecule has 0 saturated carbocycles. The van der Waals surface area contributed by atoms with Gasteiger partial charge in [0, 0.05) is 67.2 Å². The van der Waals surface area contributed by atoms with Gasteiger partial charge in [-0.3, -0.25) is 38.4 Å². The number of benzene rings is 4. The van der Waals surface area contributed by atoms with Crippen LogP contribution in [0.1, 0.15) is 115 Å². The SMILES string of the molecule is CC(C)C[C@H]1C(=O)NC[C@H](NC(=O)OCC2c3ccccc3-c3ccccc32)C(=O)N(C)[C@@H](CC(C)C)C(=O)N(C)CC(=O)N(C)[C@@H](CC(C)C)C(=O)NC[C@H](NC(=O)OCC2c3ccccc3-c3ccccc32)C(=O)N(C)[C@@H](CC(C)C)C(=O)N(C)CC(=O)N1C. The molecule has 2 aliphatic carbocycles. The number of amides is 10. The zero-order chi connectivity index (χ0) is 67.4. The van der Waals surface area contributed by atoms with Crippen molar-refractivity contribution in [2.45, 2.75) is 129 Å². The van der Waals surface area contributed by atoms with E-state index < -0.39 is 122 Å². The van der Waals surface area contributed by atoms with Crippen LogP contribution in [-0.4, -0.2) is 207 Å². The average Bonchev–Trinajstić information content (AvgIpc) is 1.63. The molecule has 0 bridgehead atoms. The summed E-state index contributed by atoms with van der Waals surface area (Å²) >= 11 is 0. The van der Waals surface area contributed by atoms with E-state index in [1.54, 1.807) is 0 Å². The monoisotopic (exact) mass is 1270 g/mol. The van der Waals surface area contributed by atoms with Crippen LogP contribution in [0.5, 0.6) is 0 Å². The first-order valence-corrected chi connectivity index (χ1v) is 31.9. The van der Waals surface area contributed by atoms with Gasteiger partial charge >= 0.3 is 12.2 Å². The van der Waals surface area contributed by atoms with E-state index in [2.05, 4.69) is 21.3 Å². The maximum absolute atomic E-state index is 15.1. The van der Waals surface area contributed by atoms with Crippen molar-refractivity contribution in [3.05, 3.63) is 119 Å². The second kappa shape index (κ2) is 31.5. The molecule has 0 unspecified atom stereocenters. The van der Waals surface area contributed by atoms with Crippen LogP contribution < -0.4 is 21.3 Å². The highest BCUT2D eigenvalue weighted by molar-refractivity contribution is 5.97. The number of likely N-dealkylation sites (N-methyl/N-ethyl adjacent to an activating group) is 6. The Labute approximate surface area is 541 Å². The molecule has 1 aliphatic heterocycles. The number of ether oxygens (including phenoxy) is 2. The summed E-state index contributed by atoms with van der Waals surface area (Å²) in [6.07, 6.45) is -1.47. The second-order valence-corrected chi connectivity index (χ2v) is 26.4. The summed E-state index contributed by atoms with van der Waals surface area (Å²) < 4.78 is 11.8. The Morgan fingerprint density at radius 1 is 0.413 bits per heavy atom. The standard InChI is InChI=1S/C70H94N10O12/c1-41(2)31-57-63(83)71-35-55(73-69(89)91-39-53-49-27-19-15-23-45(49)46-24-16-20-28-50(46)53)65(85)79(13)60(34-44(7)8)68(88)76(10)38-62(82)78(12)58(32-42(3)4)64(84)72-36-56(66(86)80(14)59(33-43(5)6)67(87)75(9)37-61(81)77(57)11)74-70(90)92-40-54-51-29-21-17-25-47(51)48-26-18-22-30-52(48)54/h15-30,41-44,53-60H,31-40H2,1-14H3,(H,71,83)(H,72,84)(H,73,89)(H,74,90)/t55-,56-,57-,58-,59-,60-/m0/s1. The fourth-order valence-electron chi connectivity index (χ4n) is 12.6. The largest absolute Gasteiger partial charge is 0.449 e. The number of alkyl carbamates (subject to hydrolysis) is 2. The summed E-state index contributed by atoms with van der Waals surface area (Å²) in [5.74, 6) is -6.82. The van der Waals surface area contributed by atoms with E-state index in [-0.39, 0.29) is 74.4 Å². The number of nitrogens with zero attached hydrogens (tertiary/aromatic N) is 6. The van der Waals surface area contributed by atoms with Gasteiger partial charge in [0.1, 0.15) is 49.5 Å². The van der Waals surface area contributed by atoms with Crippen LogP contribution in [-0.2, 0) is 47.8 Å². The van der Waals surface area contributed by atoms with Crippen molar-refractivity contribution in [1.29, 1.82) is 0 Å². The van der Waals surface area contributed by atoms with E-state index >= 15 is 9.59 Å². The third-order valence-corrected chi connectivity index (χ3v) is 17.6. The van der Waals surface area contributed by atoms with Crippen LogP contribution in [0, 0.1) is 23.7 Å². The molecule has 496 valence electrons. The fraction of sp³-hybridized carbons (Fsp3) is 0.514. The smallest absolute Gasteiger partial charge is 0.407 e. The number of nitrogens with one attached hydrogen (secondary N) is 4. The predicted molar refractivity (Wildman–Crippen MR) is 349 cm³/mol. The molecule has 4 aromatic rings. The van der Waals surface area contributed by atoms with Gasteiger partial charge in [-0.1, -0.05) is 152 Å². The van der Waals surface area contributed by atoms with Gasteiger partial charge in [0.15, 0.2) is 0 Å². The van der Waals surface area contributed by atoms with Crippen LogP contribution >= 0.6 is 0 Å². The van der Waals surface area contributed by atoms with Crippen molar-refractivity contribution in [2.75, 3.05) is 81.7 Å². The lowest BCUT2D eigenvalue weighted by Gasteiger charge is -2.36. The van der Waals surface area contributed by atoms with Gasteiger partial charge in [0.25, 0.3) is 0 Å². The highest BCUT2D eigenvalue weighted by Gasteiger charge is 2.41. The molecular formula is C70H94N10O12. The maximum Gasteiger partial charge on any atom is 0.407 e. The molecule has 92 heavy (non-hydrogen) atoms. The number of carbonyl (C=O) groups is 10. The maximum atomic E-state index is 15.1. The average molecular weight is 1270 g/mol. The molecule has 1 fully saturated rings. The van der Waals surface area contributed by atoms with Crippen molar-refractivity contribution in [3.63, 3.8) is 0 Å². The van der Waals surface area contributed by atoms with Crippen LogP contribution in [0.15, 0.2) is 97.1 Å². The van der Waals surface area contributed by atoms with E-state index in [0.29, 0.717) is 0 Å². The molecule has 22 heteroatoms. The lowest BCUT2D eigenvalue weighted by Crippen LogP contribution is -2.60. The van der Waals surface area contributed by atoms with Crippen LogP contribution in [0.25, 0.3) is 22.3 Å². The van der Waals surface area contributed by atoms with Crippen LogP contribution in [0.3, 0.4) is 0 Å². The van der Waals surface area contributed by atoms with Gasteiger partial charge in [0.05, 0.1) is 13.1 Å². The molecule has 1 heterocycles. The number of fused-ring (bicyclic) bond motifs is 6. The van der Waals surface area contributed by atoms with Gasteiger partial charge in [-0.05, 0) is 93.9 Å². The Morgan fingerprint density at radius 2 is 0.685 bits per heavy atom. The van der Waals surface area contributed by atoms with E-state index in [1.165, 1.54) is 61.9 Å².